The summed E-state index contributed by atoms with van der Waals surface area (Å²) in [5.74, 6) is -0.211. The van der Waals surface area contributed by atoms with Gasteiger partial charge in [-0.05, 0) is 36.4 Å². The Kier molecular flexibility index (Phi) is 6.20. The standard InChI is InChI=1S/C22H18ClFN2O5S/c23-16-12-20-21(31-11-3-10-30-20)13-19(16)25-22(27)14-6-8-15(9-7-14)32(28,29)26-18-5-2-1-4-17(18)24/h1-2,4-9,12-13,26H,3,10-11H2,(H,25,27). The topological polar surface area (TPSA) is 93.7 Å². The molecule has 2 N–H and O–H groups in total. The molecule has 3 aromatic carbocycles. The third-order valence-electron chi connectivity index (χ3n) is 4.63. The molecular formula is C22H18ClFN2O5S. The number of carbonyl (C=O) groups excluding carboxylic acids is 1. The number of halogens is 2. The Morgan fingerprint density at radius 2 is 1.59 bits per heavy atom. The Morgan fingerprint density at radius 3 is 2.28 bits per heavy atom. The molecule has 0 radical (unpaired) electrons. The fourth-order valence-electron chi connectivity index (χ4n) is 3.01. The lowest BCUT2D eigenvalue weighted by atomic mass is 10.2. The molecule has 166 valence electrons. The summed E-state index contributed by atoms with van der Waals surface area (Å²) >= 11 is 6.25. The van der Waals surface area contributed by atoms with Crippen molar-refractivity contribution in [2.45, 2.75) is 11.3 Å². The second-order valence-electron chi connectivity index (χ2n) is 6.89. The predicted octanol–water partition coefficient (Wildman–Crippen LogP) is 4.69. The molecule has 0 aliphatic carbocycles. The highest BCUT2D eigenvalue weighted by Gasteiger charge is 2.19. The largest absolute Gasteiger partial charge is 0.490 e. The Bertz CT molecular complexity index is 1270. The number of sulfonamides is 1. The number of anilines is 2. The van der Waals surface area contributed by atoms with Gasteiger partial charge in [-0.15, -0.1) is 0 Å². The van der Waals surface area contributed by atoms with Crippen molar-refractivity contribution in [3.8, 4) is 11.5 Å². The van der Waals surface area contributed by atoms with Gasteiger partial charge in [0, 0.05) is 24.1 Å². The maximum Gasteiger partial charge on any atom is 0.261 e. The SMILES string of the molecule is O=C(Nc1cc2c(cc1Cl)OCCCO2)c1ccc(S(=O)(=O)Nc2ccccc2F)cc1. The average molecular weight is 477 g/mol. The minimum absolute atomic E-state index is 0.120. The van der Waals surface area contributed by atoms with Gasteiger partial charge in [0.2, 0.25) is 0 Å². The van der Waals surface area contributed by atoms with Crippen molar-refractivity contribution >= 4 is 38.9 Å². The quantitative estimate of drug-likeness (QED) is 0.557. The lowest BCUT2D eigenvalue weighted by Gasteiger charge is -2.13. The fourth-order valence-corrected chi connectivity index (χ4v) is 4.28. The van der Waals surface area contributed by atoms with Crippen LogP contribution in [0.2, 0.25) is 5.02 Å². The van der Waals surface area contributed by atoms with E-state index in [1.165, 1.54) is 42.5 Å². The maximum absolute atomic E-state index is 13.8. The monoisotopic (exact) mass is 476 g/mol. The van der Waals surface area contributed by atoms with E-state index in [1.807, 2.05) is 0 Å². The lowest BCUT2D eigenvalue weighted by molar-refractivity contribution is 0.102. The first kappa shape index (κ1) is 21.9. The minimum atomic E-state index is -4.03. The highest BCUT2D eigenvalue weighted by atomic mass is 35.5. The van der Waals surface area contributed by atoms with Crippen LogP contribution in [-0.2, 0) is 10.0 Å². The zero-order valence-corrected chi connectivity index (χ0v) is 18.2. The molecule has 1 aliphatic rings. The van der Waals surface area contributed by atoms with E-state index < -0.39 is 21.7 Å². The first-order valence-corrected chi connectivity index (χ1v) is 11.5. The Morgan fingerprint density at radius 1 is 0.938 bits per heavy atom. The van der Waals surface area contributed by atoms with Gasteiger partial charge in [0.15, 0.2) is 11.5 Å². The second kappa shape index (κ2) is 9.05. The normalized spacial score (nSPS) is 13.2. The first-order chi connectivity index (χ1) is 15.3. The number of benzene rings is 3. The van der Waals surface area contributed by atoms with E-state index >= 15 is 0 Å². The van der Waals surface area contributed by atoms with Gasteiger partial charge in [0.25, 0.3) is 15.9 Å². The number of ether oxygens (including phenoxy) is 2. The van der Waals surface area contributed by atoms with Crippen LogP contribution < -0.4 is 19.5 Å². The van der Waals surface area contributed by atoms with Gasteiger partial charge in [0.05, 0.1) is 34.5 Å². The van der Waals surface area contributed by atoms with Gasteiger partial charge in [0.1, 0.15) is 5.82 Å². The van der Waals surface area contributed by atoms with Crippen LogP contribution in [0.4, 0.5) is 15.8 Å². The Labute approximate surface area is 189 Å². The van der Waals surface area contributed by atoms with Crippen molar-refractivity contribution in [1.29, 1.82) is 0 Å². The molecule has 1 heterocycles. The van der Waals surface area contributed by atoms with Crippen LogP contribution in [0.25, 0.3) is 0 Å². The molecule has 1 amide bonds. The van der Waals surface area contributed by atoms with Crippen LogP contribution in [-0.4, -0.2) is 27.5 Å². The number of hydrogen-bond acceptors (Lipinski definition) is 5. The lowest BCUT2D eigenvalue weighted by Crippen LogP contribution is -2.15. The molecule has 4 rings (SSSR count). The van der Waals surface area contributed by atoms with Gasteiger partial charge in [-0.1, -0.05) is 23.7 Å². The third kappa shape index (κ3) is 4.79. The van der Waals surface area contributed by atoms with Gasteiger partial charge in [-0.25, -0.2) is 12.8 Å². The summed E-state index contributed by atoms with van der Waals surface area (Å²) in [4.78, 5) is 12.5. The molecule has 32 heavy (non-hydrogen) atoms. The van der Waals surface area contributed by atoms with Crippen LogP contribution in [0, 0.1) is 5.82 Å². The number of rotatable bonds is 5. The van der Waals surface area contributed by atoms with Crippen LogP contribution in [0.1, 0.15) is 16.8 Å². The van der Waals surface area contributed by atoms with Crippen molar-refractivity contribution in [2.24, 2.45) is 0 Å². The van der Waals surface area contributed by atoms with E-state index in [4.69, 9.17) is 21.1 Å². The average Bonchev–Trinajstić information content (AvgIpc) is 3.00. The smallest absolute Gasteiger partial charge is 0.261 e. The Balaban J connectivity index is 1.50. The summed E-state index contributed by atoms with van der Waals surface area (Å²) in [6.07, 6.45) is 0.731. The van der Waals surface area contributed by atoms with E-state index in [0.717, 1.165) is 12.5 Å². The van der Waals surface area contributed by atoms with E-state index in [1.54, 1.807) is 12.1 Å². The fraction of sp³-hybridized carbons (Fsp3) is 0.136. The van der Waals surface area contributed by atoms with Crippen molar-refractivity contribution < 1.29 is 27.1 Å². The van der Waals surface area contributed by atoms with Crippen molar-refractivity contribution in [1.82, 2.24) is 0 Å². The zero-order valence-electron chi connectivity index (χ0n) is 16.6. The van der Waals surface area contributed by atoms with Gasteiger partial charge in [-0.2, -0.15) is 0 Å². The molecule has 3 aromatic rings. The van der Waals surface area contributed by atoms with E-state index in [9.17, 15) is 17.6 Å². The van der Waals surface area contributed by atoms with Gasteiger partial charge in [-0.3, -0.25) is 9.52 Å². The number of carbonyl (C=O) groups is 1. The molecule has 0 atom stereocenters. The summed E-state index contributed by atoms with van der Waals surface area (Å²) in [5, 5.41) is 2.96. The molecule has 0 unspecified atom stereocenters. The number of hydrogen-bond donors (Lipinski definition) is 2. The molecule has 0 spiro atoms. The van der Waals surface area contributed by atoms with E-state index in [2.05, 4.69) is 10.0 Å². The highest BCUT2D eigenvalue weighted by molar-refractivity contribution is 7.92. The molecule has 1 aliphatic heterocycles. The van der Waals surface area contributed by atoms with Crippen LogP contribution >= 0.6 is 11.6 Å². The first-order valence-electron chi connectivity index (χ1n) is 9.61. The molecule has 0 aromatic heterocycles. The number of fused-ring (bicyclic) bond motifs is 1. The number of para-hydroxylation sites is 1. The minimum Gasteiger partial charge on any atom is -0.490 e. The maximum atomic E-state index is 13.8. The summed E-state index contributed by atoms with van der Waals surface area (Å²) in [7, 11) is -4.03. The molecule has 7 nitrogen and oxygen atoms in total. The van der Waals surface area contributed by atoms with Crippen LogP contribution in [0.15, 0.2) is 65.6 Å². The predicted molar refractivity (Wildman–Crippen MR) is 119 cm³/mol. The zero-order chi connectivity index (χ0) is 22.7. The Hall–Kier alpha value is -3.30. The summed E-state index contributed by atoms with van der Waals surface area (Å²) in [5.41, 5.74) is 0.371. The van der Waals surface area contributed by atoms with Crippen LogP contribution in [0.3, 0.4) is 0 Å². The molecule has 0 fully saturated rings. The van der Waals surface area contributed by atoms with E-state index in [-0.39, 0.29) is 21.2 Å². The summed E-state index contributed by atoms with van der Waals surface area (Å²) in [6, 6.07) is 13.8. The molecular weight excluding hydrogens is 459 g/mol. The van der Waals surface area contributed by atoms with Crippen molar-refractivity contribution in [3.63, 3.8) is 0 Å². The molecule has 0 saturated heterocycles. The highest BCUT2D eigenvalue weighted by Crippen LogP contribution is 2.37. The van der Waals surface area contributed by atoms with Crippen molar-refractivity contribution in [3.05, 3.63) is 77.1 Å². The third-order valence-corrected chi connectivity index (χ3v) is 6.32. The van der Waals surface area contributed by atoms with Gasteiger partial charge < -0.3 is 14.8 Å². The summed E-state index contributed by atoms with van der Waals surface area (Å²) < 4.78 is 52.1. The number of nitrogens with one attached hydrogen (secondary N) is 2. The second-order valence-corrected chi connectivity index (χ2v) is 8.98. The molecule has 10 heteroatoms. The van der Waals surface area contributed by atoms with Gasteiger partial charge >= 0.3 is 0 Å². The van der Waals surface area contributed by atoms with Crippen molar-refractivity contribution in [2.75, 3.05) is 23.3 Å². The van der Waals surface area contributed by atoms with E-state index in [0.29, 0.717) is 30.4 Å². The molecule has 0 bridgehead atoms. The van der Waals surface area contributed by atoms with Crippen LogP contribution in [0.5, 0.6) is 11.5 Å². The number of amides is 1. The molecule has 0 saturated carbocycles. The summed E-state index contributed by atoms with van der Waals surface area (Å²) in [6.45, 7) is 0.995.